The topological polar surface area (TPSA) is 128 Å². The number of rotatable bonds is 5. The summed E-state index contributed by atoms with van der Waals surface area (Å²) in [7, 11) is 1.21. The number of aromatic nitrogens is 2. The molecule has 2 aliphatic heterocycles. The van der Waals surface area contributed by atoms with Gasteiger partial charge in [-0.15, -0.1) is 0 Å². The van der Waals surface area contributed by atoms with Crippen molar-refractivity contribution in [1.29, 1.82) is 0 Å². The number of anilines is 1. The second kappa shape index (κ2) is 8.91. The SMILES string of the molecule is COC(=O)N[C@H]1CCc2cccc3c2N(C1=O)[C@H](C(=O)OCC(=O)c1cnc(Cl)nc1)C3. The molecule has 0 fully saturated rings. The third-order valence-electron chi connectivity index (χ3n) is 5.44. The van der Waals surface area contributed by atoms with Gasteiger partial charge in [-0.05, 0) is 35.6 Å². The van der Waals surface area contributed by atoms with Gasteiger partial charge in [-0.1, -0.05) is 18.2 Å². The minimum absolute atomic E-state index is 0.00661. The van der Waals surface area contributed by atoms with Crippen molar-refractivity contribution in [2.24, 2.45) is 0 Å². The average molecular weight is 459 g/mol. The zero-order valence-corrected chi connectivity index (χ0v) is 17.8. The summed E-state index contributed by atoms with van der Waals surface area (Å²) in [5, 5.41) is 2.53. The molecule has 10 nitrogen and oxygen atoms in total. The first-order chi connectivity index (χ1) is 15.4. The van der Waals surface area contributed by atoms with E-state index in [0.717, 1.165) is 11.1 Å². The normalized spacial score (nSPS) is 19.1. The molecule has 0 bridgehead atoms. The van der Waals surface area contributed by atoms with Crippen molar-refractivity contribution in [1.82, 2.24) is 15.3 Å². The molecule has 0 saturated carbocycles. The second-order valence-electron chi connectivity index (χ2n) is 7.35. The molecule has 11 heteroatoms. The number of hydrogen-bond acceptors (Lipinski definition) is 8. The van der Waals surface area contributed by atoms with Crippen molar-refractivity contribution in [3.05, 3.63) is 52.6 Å². The molecule has 3 heterocycles. The zero-order valence-electron chi connectivity index (χ0n) is 17.0. The predicted octanol–water partition coefficient (Wildman–Crippen LogP) is 1.48. The highest BCUT2D eigenvalue weighted by molar-refractivity contribution is 6.28. The van der Waals surface area contributed by atoms with Crippen molar-refractivity contribution in [2.75, 3.05) is 18.6 Å². The summed E-state index contributed by atoms with van der Waals surface area (Å²) in [6.45, 7) is -0.532. The average Bonchev–Trinajstić information content (AvgIpc) is 3.13. The minimum atomic E-state index is -0.951. The number of para-hydroxylation sites is 1. The van der Waals surface area contributed by atoms with E-state index in [4.69, 9.17) is 16.3 Å². The highest BCUT2D eigenvalue weighted by Crippen LogP contribution is 2.39. The fourth-order valence-corrected chi connectivity index (χ4v) is 4.02. The standard InChI is InChI=1S/C21H19ClN4O6/c1-31-21(30)25-14-6-5-11-3-2-4-12-7-15(26(17(11)12)18(14)28)19(29)32-10-16(27)13-8-23-20(22)24-9-13/h2-4,8-9,14-15H,5-7,10H2,1H3,(H,25,30)/t14-,15-/m0/s1. The number of benzene rings is 1. The molecule has 2 aromatic rings. The van der Waals surface area contributed by atoms with E-state index in [2.05, 4.69) is 20.0 Å². The van der Waals surface area contributed by atoms with E-state index < -0.39 is 42.4 Å². The maximum Gasteiger partial charge on any atom is 0.407 e. The second-order valence-corrected chi connectivity index (χ2v) is 7.69. The van der Waals surface area contributed by atoms with Gasteiger partial charge < -0.3 is 14.8 Å². The summed E-state index contributed by atoms with van der Waals surface area (Å²) in [5.41, 5.74) is 2.53. The van der Waals surface area contributed by atoms with Crippen molar-refractivity contribution in [3.8, 4) is 0 Å². The van der Waals surface area contributed by atoms with Crippen LogP contribution in [0.15, 0.2) is 30.6 Å². The number of aryl methyl sites for hydroxylation is 1. The van der Waals surface area contributed by atoms with Gasteiger partial charge in [0.05, 0.1) is 18.4 Å². The fourth-order valence-electron chi connectivity index (χ4n) is 3.93. The Hall–Kier alpha value is -3.53. The lowest BCUT2D eigenvalue weighted by molar-refractivity contribution is -0.145. The van der Waals surface area contributed by atoms with Crippen LogP contribution in [0.3, 0.4) is 0 Å². The number of nitrogens with one attached hydrogen (secondary N) is 1. The maximum absolute atomic E-state index is 13.3. The highest BCUT2D eigenvalue weighted by atomic mass is 35.5. The smallest absolute Gasteiger partial charge is 0.407 e. The van der Waals surface area contributed by atoms with Crippen LogP contribution in [0.2, 0.25) is 5.28 Å². The summed E-state index contributed by atoms with van der Waals surface area (Å²) in [5.74, 6) is -1.65. The first kappa shape index (κ1) is 21.7. The summed E-state index contributed by atoms with van der Waals surface area (Å²) in [6, 6.07) is 3.79. The molecule has 1 aromatic carbocycles. The molecule has 2 amide bonds. The number of carbonyl (C=O) groups excluding carboxylic acids is 4. The number of methoxy groups -OCH3 is 1. The Balaban J connectivity index is 1.53. The van der Waals surface area contributed by atoms with E-state index in [1.54, 1.807) is 0 Å². The van der Waals surface area contributed by atoms with Crippen LogP contribution >= 0.6 is 11.6 Å². The molecule has 0 saturated heterocycles. The minimum Gasteiger partial charge on any atom is -0.456 e. The Labute approximate surface area is 187 Å². The van der Waals surface area contributed by atoms with E-state index in [9.17, 15) is 19.2 Å². The predicted molar refractivity (Wildman–Crippen MR) is 111 cm³/mol. The van der Waals surface area contributed by atoms with Gasteiger partial charge in [-0.3, -0.25) is 14.5 Å². The molecule has 0 aliphatic carbocycles. The first-order valence-electron chi connectivity index (χ1n) is 9.84. The number of hydrogen-bond donors (Lipinski definition) is 1. The van der Waals surface area contributed by atoms with Crippen LogP contribution in [0.25, 0.3) is 0 Å². The van der Waals surface area contributed by atoms with Gasteiger partial charge in [-0.25, -0.2) is 19.6 Å². The van der Waals surface area contributed by atoms with Crippen LogP contribution in [0.1, 0.15) is 27.9 Å². The molecule has 1 N–H and O–H groups in total. The largest absolute Gasteiger partial charge is 0.456 e. The Morgan fingerprint density at radius 3 is 2.66 bits per heavy atom. The number of carbonyl (C=O) groups is 4. The third-order valence-corrected chi connectivity index (χ3v) is 5.64. The number of ether oxygens (including phenoxy) is 2. The van der Waals surface area contributed by atoms with Crippen LogP contribution in [0.5, 0.6) is 0 Å². The van der Waals surface area contributed by atoms with Gasteiger partial charge >= 0.3 is 12.1 Å². The van der Waals surface area contributed by atoms with Gasteiger partial charge in [0.1, 0.15) is 12.1 Å². The molecular weight excluding hydrogens is 440 g/mol. The number of alkyl carbamates (subject to hydrolysis) is 1. The molecule has 1 aromatic heterocycles. The molecule has 0 unspecified atom stereocenters. The third kappa shape index (κ3) is 4.13. The lowest BCUT2D eigenvalue weighted by Gasteiger charge is -2.27. The number of ketones is 1. The van der Waals surface area contributed by atoms with Crippen LogP contribution in [-0.4, -0.2) is 59.5 Å². The van der Waals surface area contributed by atoms with E-state index >= 15 is 0 Å². The molecule has 166 valence electrons. The van der Waals surface area contributed by atoms with Gasteiger partial charge in [0.25, 0.3) is 5.91 Å². The van der Waals surface area contributed by atoms with Crippen LogP contribution in [0.4, 0.5) is 10.5 Å². The van der Waals surface area contributed by atoms with Crippen molar-refractivity contribution in [2.45, 2.75) is 31.3 Å². The van der Waals surface area contributed by atoms with Crippen molar-refractivity contribution in [3.63, 3.8) is 0 Å². The lowest BCUT2D eigenvalue weighted by Crippen LogP contribution is -2.52. The van der Waals surface area contributed by atoms with Crippen molar-refractivity contribution < 1.29 is 28.7 Å². The molecule has 4 rings (SSSR count). The van der Waals surface area contributed by atoms with E-state index in [1.807, 2.05) is 18.2 Å². The number of nitrogens with zero attached hydrogens (tertiary/aromatic N) is 3. The molecule has 32 heavy (non-hydrogen) atoms. The first-order valence-corrected chi connectivity index (χ1v) is 10.2. The van der Waals surface area contributed by atoms with Crippen LogP contribution in [0, 0.1) is 0 Å². The van der Waals surface area contributed by atoms with E-state index in [-0.39, 0.29) is 17.3 Å². The Kier molecular flexibility index (Phi) is 6.04. The van der Waals surface area contributed by atoms with Gasteiger partial charge in [0.15, 0.2) is 6.61 Å². The lowest BCUT2D eigenvalue weighted by atomic mass is 10.0. The molecule has 2 atom stereocenters. The summed E-state index contributed by atoms with van der Waals surface area (Å²) < 4.78 is 9.86. The Bertz CT molecular complexity index is 1090. The summed E-state index contributed by atoms with van der Waals surface area (Å²) in [6.07, 6.45) is 2.89. The summed E-state index contributed by atoms with van der Waals surface area (Å²) in [4.78, 5) is 59.0. The Morgan fingerprint density at radius 2 is 1.94 bits per heavy atom. The molecule has 2 aliphatic rings. The van der Waals surface area contributed by atoms with Gasteiger partial charge in [-0.2, -0.15) is 0 Å². The Morgan fingerprint density at radius 1 is 1.22 bits per heavy atom. The maximum atomic E-state index is 13.3. The number of esters is 1. The number of Topliss-reactive ketones (excluding diaryl/α,β-unsaturated/α-hetero) is 1. The van der Waals surface area contributed by atoms with Gasteiger partial charge in [0, 0.05) is 18.8 Å². The zero-order chi connectivity index (χ0) is 22.8. The highest BCUT2D eigenvalue weighted by Gasteiger charge is 2.44. The van der Waals surface area contributed by atoms with Crippen molar-refractivity contribution >= 4 is 41.0 Å². The van der Waals surface area contributed by atoms with Crippen LogP contribution < -0.4 is 10.2 Å². The molecular formula is C21H19ClN4O6. The quantitative estimate of drug-likeness (QED) is 0.405. The number of halogens is 1. The monoisotopic (exact) mass is 458 g/mol. The van der Waals surface area contributed by atoms with E-state index in [0.29, 0.717) is 18.5 Å². The number of amides is 2. The fraction of sp³-hybridized carbons (Fsp3) is 0.333. The van der Waals surface area contributed by atoms with E-state index in [1.165, 1.54) is 24.4 Å². The van der Waals surface area contributed by atoms with Gasteiger partial charge in [0.2, 0.25) is 11.1 Å². The molecule has 0 spiro atoms. The van der Waals surface area contributed by atoms with Crippen LogP contribution in [-0.2, 0) is 31.9 Å². The molecule has 0 radical (unpaired) electrons. The summed E-state index contributed by atoms with van der Waals surface area (Å²) >= 11 is 5.61.